The Morgan fingerprint density at radius 2 is 2.04 bits per heavy atom. The molecular formula is C22H30N2O2. The Kier molecular flexibility index (Phi) is 5.71. The highest BCUT2D eigenvalue weighted by atomic mass is 16.5. The number of aryl methyl sites for hydroxylation is 1. The molecule has 3 heterocycles. The van der Waals surface area contributed by atoms with E-state index in [1.165, 1.54) is 16.8 Å². The van der Waals surface area contributed by atoms with Gasteiger partial charge in [0, 0.05) is 42.4 Å². The lowest BCUT2D eigenvalue weighted by atomic mass is 10.0. The van der Waals surface area contributed by atoms with Crippen LogP contribution in [0.15, 0.2) is 30.3 Å². The normalized spacial score (nSPS) is 21.6. The first-order chi connectivity index (χ1) is 12.8. The topological polar surface area (TPSA) is 34.6 Å². The molecule has 2 aliphatic heterocycles. The zero-order valence-electron chi connectivity index (χ0n) is 15.8. The van der Waals surface area contributed by atoms with Crippen LogP contribution in [-0.4, -0.2) is 44.0 Å². The van der Waals surface area contributed by atoms with Crippen LogP contribution in [0.1, 0.15) is 38.3 Å². The van der Waals surface area contributed by atoms with Gasteiger partial charge in [0.2, 0.25) is 0 Å². The van der Waals surface area contributed by atoms with Crippen LogP contribution in [0.5, 0.6) is 0 Å². The first-order valence-corrected chi connectivity index (χ1v) is 10.2. The van der Waals surface area contributed by atoms with Gasteiger partial charge in [-0.25, -0.2) is 0 Å². The fraction of sp³-hybridized carbons (Fsp3) is 0.591. The molecule has 1 aromatic carbocycles. The molecule has 0 radical (unpaired) electrons. The van der Waals surface area contributed by atoms with Gasteiger partial charge in [0.1, 0.15) is 0 Å². The van der Waals surface area contributed by atoms with E-state index in [2.05, 4.69) is 42.2 Å². The maximum atomic E-state index is 6.18. The smallest absolute Gasteiger partial charge is 0.0726 e. The first kappa shape index (κ1) is 17.7. The molecule has 2 aromatic rings. The van der Waals surface area contributed by atoms with Crippen molar-refractivity contribution in [1.82, 2.24) is 4.98 Å². The molecule has 0 saturated carbocycles. The number of fused-ring (bicyclic) bond motifs is 1. The van der Waals surface area contributed by atoms with Gasteiger partial charge in [-0.15, -0.1) is 0 Å². The summed E-state index contributed by atoms with van der Waals surface area (Å²) in [5.74, 6) is 0.605. The monoisotopic (exact) mass is 354 g/mol. The predicted molar refractivity (Wildman–Crippen MR) is 106 cm³/mol. The highest BCUT2D eigenvalue weighted by molar-refractivity contribution is 5.92. The molecule has 0 aliphatic carbocycles. The van der Waals surface area contributed by atoms with E-state index in [0.717, 1.165) is 70.5 Å². The number of hydrogen-bond donors (Lipinski definition) is 0. The van der Waals surface area contributed by atoms with E-state index in [1.54, 1.807) is 0 Å². The van der Waals surface area contributed by atoms with Gasteiger partial charge in [-0.1, -0.05) is 31.5 Å². The molecule has 1 atom stereocenters. The van der Waals surface area contributed by atoms with Crippen molar-refractivity contribution in [2.75, 3.05) is 37.8 Å². The third kappa shape index (κ3) is 4.02. The van der Waals surface area contributed by atoms with E-state index in [-0.39, 0.29) is 0 Å². The second kappa shape index (κ2) is 8.36. The minimum atomic E-state index is 0.398. The van der Waals surface area contributed by atoms with Crippen molar-refractivity contribution in [2.45, 2.75) is 45.1 Å². The number of anilines is 1. The molecule has 1 aromatic heterocycles. The molecule has 0 bridgehead atoms. The Bertz CT molecular complexity index is 719. The van der Waals surface area contributed by atoms with Crippen LogP contribution >= 0.6 is 0 Å². The fourth-order valence-electron chi connectivity index (χ4n) is 4.11. The Balaban J connectivity index is 1.43. The van der Waals surface area contributed by atoms with Crippen LogP contribution in [0, 0.1) is 5.92 Å². The van der Waals surface area contributed by atoms with E-state index in [0.29, 0.717) is 12.0 Å². The van der Waals surface area contributed by atoms with Crippen LogP contribution in [0.4, 0.5) is 5.69 Å². The molecule has 4 rings (SSSR count). The van der Waals surface area contributed by atoms with Crippen molar-refractivity contribution in [1.29, 1.82) is 0 Å². The molecule has 26 heavy (non-hydrogen) atoms. The van der Waals surface area contributed by atoms with Gasteiger partial charge in [0.05, 0.1) is 24.8 Å². The van der Waals surface area contributed by atoms with Gasteiger partial charge in [0.25, 0.3) is 0 Å². The van der Waals surface area contributed by atoms with Gasteiger partial charge >= 0.3 is 0 Å². The molecule has 2 aliphatic rings. The molecular weight excluding hydrogens is 324 g/mol. The lowest BCUT2D eigenvalue weighted by Gasteiger charge is -2.34. The maximum absolute atomic E-state index is 6.18. The lowest BCUT2D eigenvalue weighted by Crippen LogP contribution is -2.37. The summed E-state index contributed by atoms with van der Waals surface area (Å²) >= 11 is 0. The van der Waals surface area contributed by atoms with E-state index in [4.69, 9.17) is 14.5 Å². The van der Waals surface area contributed by atoms with Crippen LogP contribution in [-0.2, 0) is 15.9 Å². The zero-order chi connectivity index (χ0) is 17.8. The number of rotatable bonds is 6. The second-order valence-corrected chi connectivity index (χ2v) is 7.65. The van der Waals surface area contributed by atoms with Crippen molar-refractivity contribution in [3.05, 3.63) is 36.0 Å². The van der Waals surface area contributed by atoms with E-state index < -0.39 is 0 Å². The zero-order valence-corrected chi connectivity index (χ0v) is 15.8. The van der Waals surface area contributed by atoms with Crippen molar-refractivity contribution in [2.24, 2.45) is 5.92 Å². The number of para-hydroxylation sites is 1. The second-order valence-electron chi connectivity index (χ2n) is 7.65. The van der Waals surface area contributed by atoms with E-state index in [1.807, 2.05) is 0 Å². The van der Waals surface area contributed by atoms with Gasteiger partial charge in [-0.2, -0.15) is 0 Å². The van der Waals surface area contributed by atoms with Crippen molar-refractivity contribution >= 4 is 16.6 Å². The molecule has 2 saturated heterocycles. The summed E-state index contributed by atoms with van der Waals surface area (Å²) in [6, 6.07) is 10.9. The molecule has 0 N–H and O–H groups in total. The third-order valence-electron chi connectivity index (χ3n) is 5.63. The van der Waals surface area contributed by atoms with Crippen LogP contribution < -0.4 is 4.90 Å². The Morgan fingerprint density at radius 1 is 1.19 bits per heavy atom. The predicted octanol–water partition coefficient (Wildman–Crippen LogP) is 4.21. The number of pyridine rings is 1. The summed E-state index contributed by atoms with van der Waals surface area (Å²) in [4.78, 5) is 7.38. The lowest BCUT2D eigenvalue weighted by molar-refractivity contribution is 0.0132. The number of piperidine rings is 1. The van der Waals surface area contributed by atoms with Crippen LogP contribution in [0.2, 0.25) is 0 Å². The van der Waals surface area contributed by atoms with Gasteiger partial charge in [0.15, 0.2) is 0 Å². The maximum Gasteiger partial charge on any atom is 0.0726 e. The van der Waals surface area contributed by atoms with Gasteiger partial charge in [-0.3, -0.25) is 4.98 Å². The molecule has 4 heteroatoms. The summed E-state index contributed by atoms with van der Waals surface area (Å²) in [7, 11) is 0. The highest BCUT2D eigenvalue weighted by Crippen LogP contribution is 2.30. The van der Waals surface area contributed by atoms with Crippen LogP contribution in [0.25, 0.3) is 10.9 Å². The van der Waals surface area contributed by atoms with Crippen molar-refractivity contribution < 1.29 is 9.47 Å². The Morgan fingerprint density at radius 3 is 2.81 bits per heavy atom. The summed E-state index contributed by atoms with van der Waals surface area (Å²) in [5, 5.41) is 1.27. The number of hydrogen-bond acceptors (Lipinski definition) is 4. The SMILES string of the molecule is CCCc1cc(N2CCC(OCC3CCOC3)CC2)c2ccccc2n1. The fourth-order valence-corrected chi connectivity index (χ4v) is 4.11. The third-order valence-corrected chi connectivity index (χ3v) is 5.63. The average Bonchev–Trinajstić information content (AvgIpc) is 3.20. The van der Waals surface area contributed by atoms with Crippen LogP contribution in [0.3, 0.4) is 0 Å². The van der Waals surface area contributed by atoms with E-state index in [9.17, 15) is 0 Å². The summed E-state index contributed by atoms with van der Waals surface area (Å²) < 4.78 is 11.6. The Labute approximate surface area is 156 Å². The molecule has 2 fully saturated rings. The number of benzene rings is 1. The van der Waals surface area contributed by atoms with Crippen molar-refractivity contribution in [3.8, 4) is 0 Å². The number of aromatic nitrogens is 1. The highest BCUT2D eigenvalue weighted by Gasteiger charge is 2.24. The minimum absolute atomic E-state index is 0.398. The number of ether oxygens (including phenoxy) is 2. The first-order valence-electron chi connectivity index (χ1n) is 10.2. The minimum Gasteiger partial charge on any atom is -0.381 e. The standard InChI is InChI=1S/C22H30N2O2/c1-2-5-18-14-22(20-6-3-4-7-21(20)23-18)24-11-8-19(9-12-24)26-16-17-10-13-25-15-17/h3-4,6-7,14,17,19H,2,5,8-13,15-16H2,1H3. The number of nitrogens with zero attached hydrogens (tertiary/aromatic N) is 2. The molecule has 0 amide bonds. The molecule has 1 unspecified atom stereocenters. The average molecular weight is 354 g/mol. The molecule has 4 nitrogen and oxygen atoms in total. The summed E-state index contributed by atoms with van der Waals surface area (Å²) in [6.45, 7) is 6.98. The molecule has 0 spiro atoms. The summed E-state index contributed by atoms with van der Waals surface area (Å²) in [6.07, 6.45) is 5.94. The quantitative estimate of drug-likeness (QED) is 0.778. The molecule has 140 valence electrons. The van der Waals surface area contributed by atoms with Gasteiger partial charge in [-0.05, 0) is 37.8 Å². The van der Waals surface area contributed by atoms with Gasteiger partial charge < -0.3 is 14.4 Å². The summed E-state index contributed by atoms with van der Waals surface area (Å²) in [5.41, 5.74) is 3.68. The largest absolute Gasteiger partial charge is 0.381 e. The van der Waals surface area contributed by atoms with Crippen molar-refractivity contribution in [3.63, 3.8) is 0 Å². The van der Waals surface area contributed by atoms with E-state index >= 15 is 0 Å². The Hall–Kier alpha value is -1.65.